The van der Waals surface area contributed by atoms with E-state index in [1.165, 1.54) is 12.8 Å². The molecule has 0 amide bonds. The molecule has 1 aliphatic carbocycles. The number of terminal acetylenes is 1. The molecule has 3 heteroatoms. The van der Waals surface area contributed by atoms with Gasteiger partial charge in [-0.1, -0.05) is 0 Å². The van der Waals surface area contributed by atoms with E-state index in [-0.39, 0.29) is 47.9 Å². The summed E-state index contributed by atoms with van der Waals surface area (Å²) < 4.78 is 0. The van der Waals surface area contributed by atoms with Gasteiger partial charge in [0, 0.05) is 5.92 Å². The van der Waals surface area contributed by atoms with Crippen LogP contribution in [0.15, 0.2) is 0 Å². The van der Waals surface area contributed by atoms with E-state index in [0.717, 1.165) is 0 Å². The summed E-state index contributed by atoms with van der Waals surface area (Å²) in [6, 6.07) is 0. The van der Waals surface area contributed by atoms with Gasteiger partial charge in [0.25, 0.3) is 0 Å². The summed E-state index contributed by atoms with van der Waals surface area (Å²) in [5.74, 6) is 3.30. The molecule has 1 saturated carbocycles. The van der Waals surface area contributed by atoms with Gasteiger partial charge in [0.2, 0.25) is 0 Å². The molecule has 0 N–H and O–H groups in total. The van der Waals surface area contributed by atoms with Gasteiger partial charge in [0.05, 0.1) is 0 Å². The molecule has 0 nitrogen and oxygen atoms in total. The van der Waals surface area contributed by atoms with Crippen molar-refractivity contribution in [2.24, 2.45) is 5.92 Å². The van der Waals surface area contributed by atoms with E-state index < -0.39 is 0 Å². The zero-order valence-corrected chi connectivity index (χ0v) is 7.46. The third-order valence-corrected chi connectivity index (χ3v) is 0.813. The normalized spacial score (nSPS) is 13.4. The van der Waals surface area contributed by atoms with Crippen LogP contribution in [0.4, 0.5) is 0 Å². The topological polar surface area (TPSA) is 0 Å². The van der Waals surface area contributed by atoms with E-state index in [1.807, 2.05) is 0 Å². The minimum absolute atomic E-state index is 0. The maximum Gasteiger partial charge on any atom is 2.00 e. The minimum atomic E-state index is 0. The van der Waals surface area contributed by atoms with Gasteiger partial charge >= 0.3 is 23.1 Å². The van der Waals surface area contributed by atoms with Crippen LogP contribution in [0.5, 0.6) is 0 Å². The zero-order valence-electron chi connectivity index (χ0n) is 4.53. The molecule has 0 aliphatic heterocycles. The molecule has 0 unspecified atom stereocenters. The van der Waals surface area contributed by atoms with Crippen LogP contribution in [0, 0.1) is 18.3 Å². The third-order valence-electron chi connectivity index (χ3n) is 0.813. The van der Waals surface area contributed by atoms with Crippen molar-refractivity contribution < 1.29 is 24.8 Å². The number of hydrogen-bond acceptors (Lipinski definition) is 0. The first-order valence-electron chi connectivity index (χ1n) is 1.89. The average Bonchev–Trinajstić information content (AvgIpc) is 2.12. The predicted molar refractivity (Wildman–Crippen MR) is 27.3 cm³/mol. The number of hydrogen-bond donors (Lipinski definition) is 0. The van der Waals surface area contributed by atoms with Crippen molar-refractivity contribution in [3.05, 3.63) is 0 Å². The maximum atomic E-state index is 4.98. The van der Waals surface area contributed by atoms with Crippen molar-refractivity contribution in [3.8, 4) is 12.3 Å². The van der Waals surface area contributed by atoms with Crippen LogP contribution in [0.1, 0.15) is 12.8 Å². The molecule has 1 aliphatic rings. The van der Waals surface area contributed by atoms with Crippen molar-refractivity contribution in [2.75, 3.05) is 0 Å². The molecule has 0 bridgehead atoms. The van der Waals surface area contributed by atoms with Crippen LogP contribution in [0.2, 0.25) is 0 Å². The third kappa shape index (κ3) is 6.91. The van der Waals surface area contributed by atoms with Gasteiger partial charge in [-0.05, 0) is 12.8 Å². The number of rotatable bonds is 0. The van der Waals surface area contributed by atoms with Crippen molar-refractivity contribution in [3.63, 3.8) is 0 Å². The van der Waals surface area contributed by atoms with E-state index in [1.54, 1.807) is 0 Å². The molecule has 0 aromatic carbocycles. The SMILES string of the molecule is C#CC1CC1.[Cl-].[Cl-].[Mg+2]. The summed E-state index contributed by atoms with van der Waals surface area (Å²) >= 11 is 0. The monoisotopic (exact) mass is 160 g/mol. The second kappa shape index (κ2) is 7.91. The molecule has 0 radical (unpaired) electrons. The Bertz CT molecular complexity index is 73.0. The largest absolute Gasteiger partial charge is 2.00 e. The summed E-state index contributed by atoms with van der Waals surface area (Å²) in [6.45, 7) is 0. The molecule has 0 saturated heterocycles. The van der Waals surface area contributed by atoms with Crippen LogP contribution in [0.3, 0.4) is 0 Å². The summed E-state index contributed by atoms with van der Waals surface area (Å²) in [4.78, 5) is 0. The first-order valence-corrected chi connectivity index (χ1v) is 1.89. The fourth-order valence-electron chi connectivity index (χ4n) is 0.250. The Labute approximate surface area is 78.8 Å². The van der Waals surface area contributed by atoms with E-state index in [4.69, 9.17) is 6.42 Å². The Kier molecular flexibility index (Phi) is 15.8. The Morgan fingerprint density at radius 3 is 1.62 bits per heavy atom. The predicted octanol–water partition coefficient (Wildman–Crippen LogP) is -5.34. The van der Waals surface area contributed by atoms with Crippen LogP contribution >= 0.6 is 0 Å². The molecular formula is C5H6Cl2Mg. The second-order valence-corrected chi connectivity index (χ2v) is 1.44. The van der Waals surface area contributed by atoms with Crippen LogP contribution in [0.25, 0.3) is 0 Å². The molecule has 0 aromatic heterocycles. The molecule has 0 atom stereocenters. The van der Waals surface area contributed by atoms with Gasteiger partial charge in [-0.3, -0.25) is 0 Å². The van der Waals surface area contributed by atoms with Gasteiger partial charge in [-0.2, -0.15) is 0 Å². The average molecular weight is 161 g/mol. The molecule has 8 heavy (non-hydrogen) atoms. The first kappa shape index (κ1) is 16.0. The molecule has 1 rings (SSSR count). The van der Waals surface area contributed by atoms with Gasteiger partial charge in [-0.15, -0.1) is 12.3 Å². The fraction of sp³-hybridized carbons (Fsp3) is 0.600. The van der Waals surface area contributed by atoms with Crippen LogP contribution < -0.4 is 24.8 Å². The summed E-state index contributed by atoms with van der Waals surface area (Å²) in [5.41, 5.74) is 0. The van der Waals surface area contributed by atoms with Gasteiger partial charge < -0.3 is 24.8 Å². The zero-order chi connectivity index (χ0) is 3.70. The Morgan fingerprint density at radius 1 is 1.25 bits per heavy atom. The fourth-order valence-corrected chi connectivity index (χ4v) is 0.250. The second-order valence-electron chi connectivity index (χ2n) is 1.44. The van der Waals surface area contributed by atoms with Crippen molar-refractivity contribution >= 4 is 23.1 Å². The van der Waals surface area contributed by atoms with Crippen molar-refractivity contribution in [2.45, 2.75) is 12.8 Å². The van der Waals surface area contributed by atoms with E-state index in [2.05, 4.69) is 5.92 Å². The van der Waals surface area contributed by atoms with Crippen LogP contribution in [-0.2, 0) is 0 Å². The molecule has 42 valence electrons. The smallest absolute Gasteiger partial charge is 1.00 e. The molecule has 0 aromatic rings. The Morgan fingerprint density at radius 2 is 1.62 bits per heavy atom. The van der Waals surface area contributed by atoms with Gasteiger partial charge in [-0.25, -0.2) is 0 Å². The Hall–Kier alpha value is 0.906. The van der Waals surface area contributed by atoms with Gasteiger partial charge in [0.15, 0.2) is 0 Å². The standard InChI is InChI=1S/C5H6.2ClH.Mg/c1-2-5-3-4-5;;;/h1,5H,3-4H2;2*1H;/q;;;+2/p-2. The quantitative estimate of drug-likeness (QED) is 0.246. The summed E-state index contributed by atoms with van der Waals surface area (Å²) in [5, 5.41) is 0. The molecule has 0 heterocycles. The van der Waals surface area contributed by atoms with Crippen LogP contribution in [-0.4, -0.2) is 23.1 Å². The molecular weight excluding hydrogens is 155 g/mol. The molecule has 1 fully saturated rings. The van der Waals surface area contributed by atoms with E-state index >= 15 is 0 Å². The number of halogens is 2. The van der Waals surface area contributed by atoms with E-state index in [9.17, 15) is 0 Å². The van der Waals surface area contributed by atoms with E-state index in [0.29, 0.717) is 5.92 Å². The minimum Gasteiger partial charge on any atom is -1.00 e. The molecule has 0 spiro atoms. The van der Waals surface area contributed by atoms with Gasteiger partial charge in [0.1, 0.15) is 0 Å². The summed E-state index contributed by atoms with van der Waals surface area (Å²) in [7, 11) is 0. The maximum absolute atomic E-state index is 4.98. The summed E-state index contributed by atoms with van der Waals surface area (Å²) in [6.07, 6.45) is 7.53. The van der Waals surface area contributed by atoms with Crippen molar-refractivity contribution in [1.82, 2.24) is 0 Å². The Balaban J connectivity index is -0.0000000833. The first-order chi connectivity index (χ1) is 2.43. The van der Waals surface area contributed by atoms with Crippen molar-refractivity contribution in [1.29, 1.82) is 0 Å².